The lowest BCUT2D eigenvalue weighted by molar-refractivity contribution is -0.0662. The molecule has 1 unspecified atom stereocenters. The molecule has 0 bridgehead atoms. The quantitative estimate of drug-likeness (QED) is 0.0542. The Labute approximate surface area is 225 Å². The van der Waals surface area contributed by atoms with E-state index in [9.17, 15) is 21.6 Å². The first-order chi connectivity index (χ1) is 17.7. The van der Waals surface area contributed by atoms with E-state index in [1.165, 1.54) is 89.9 Å². The second kappa shape index (κ2) is 24.6. The van der Waals surface area contributed by atoms with Crippen molar-refractivity contribution in [2.24, 2.45) is 0 Å². The molecule has 0 saturated carbocycles. The molecule has 0 aliphatic heterocycles. The van der Waals surface area contributed by atoms with E-state index in [-0.39, 0.29) is 6.61 Å². The molecular formula is C28H55F3O5S. The maximum Gasteiger partial charge on any atom is 0.523 e. The fourth-order valence-electron chi connectivity index (χ4n) is 4.12. The summed E-state index contributed by atoms with van der Waals surface area (Å²) in [5.74, 6) is 0. The molecule has 0 aromatic rings. The van der Waals surface area contributed by atoms with Crippen molar-refractivity contribution in [2.75, 3.05) is 26.4 Å². The molecule has 0 heterocycles. The lowest BCUT2D eigenvalue weighted by Crippen LogP contribution is -2.32. The number of alkyl halides is 3. The first kappa shape index (κ1) is 36.6. The van der Waals surface area contributed by atoms with Crippen LogP contribution in [0.1, 0.15) is 142 Å². The van der Waals surface area contributed by atoms with E-state index in [1.54, 1.807) is 0 Å². The highest BCUT2D eigenvalue weighted by molar-refractivity contribution is 7.87. The van der Waals surface area contributed by atoms with Gasteiger partial charge in [-0.25, -0.2) is 0 Å². The van der Waals surface area contributed by atoms with E-state index in [4.69, 9.17) is 9.47 Å². The van der Waals surface area contributed by atoms with Crippen LogP contribution in [0.4, 0.5) is 13.2 Å². The highest BCUT2D eigenvalue weighted by atomic mass is 32.2. The Bertz CT molecular complexity index is 585. The van der Waals surface area contributed by atoms with E-state index in [1.807, 2.05) is 0 Å². The molecule has 224 valence electrons. The average Bonchev–Trinajstić information content (AvgIpc) is 2.85. The molecule has 37 heavy (non-hydrogen) atoms. The van der Waals surface area contributed by atoms with Crippen LogP contribution in [0.3, 0.4) is 0 Å². The van der Waals surface area contributed by atoms with Gasteiger partial charge in [-0.2, -0.15) is 21.6 Å². The zero-order chi connectivity index (χ0) is 27.7. The van der Waals surface area contributed by atoms with Gasteiger partial charge in [0.2, 0.25) is 0 Å². The molecular weight excluding hydrogens is 505 g/mol. The topological polar surface area (TPSA) is 61.8 Å². The van der Waals surface area contributed by atoms with Gasteiger partial charge in [0, 0.05) is 13.2 Å². The monoisotopic (exact) mass is 560 g/mol. The summed E-state index contributed by atoms with van der Waals surface area (Å²) >= 11 is 0. The van der Waals surface area contributed by atoms with Crippen molar-refractivity contribution in [3.05, 3.63) is 0 Å². The van der Waals surface area contributed by atoms with Gasteiger partial charge < -0.3 is 9.47 Å². The van der Waals surface area contributed by atoms with Gasteiger partial charge in [-0.1, -0.05) is 129 Å². The Morgan fingerprint density at radius 3 is 1.35 bits per heavy atom. The molecule has 0 aromatic heterocycles. The van der Waals surface area contributed by atoms with Crippen molar-refractivity contribution in [3.8, 4) is 0 Å². The van der Waals surface area contributed by atoms with Crippen LogP contribution in [0.15, 0.2) is 0 Å². The van der Waals surface area contributed by atoms with E-state index >= 15 is 0 Å². The number of ether oxygens (including phenoxy) is 2. The smallest absolute Gasteiger partial charge is 0.379 e. The molecule has 0 amide bonds. The van der Waals surface area contributed by atoms with Crippen LogP contribution < -0.4 is 0 Å². The normalized spacial score (nSPS) is 13.3. The third kappa shape index (κ3) is 23.2. The number of unbranched alkanes of at least 4 members (excludes halogenated alkanes) is 18. The standard InChI is InChI=1S/C28H55F3O5S/c1-3-5-7-9-11-13-15-17-19-21-23-34-25-27(26-36-37(32,33)28(29,30)31)35-24-22-20-18-16-14-12-10-8-6-4-2/h27H,3-26H2,1-2H3. The predicted octanol–water partition coefficient (Wildman–Crippen LogP) is 9.10. The fraction of sp³-hybridized carbons (Fsp3) is 1.00. The second-order valence-corrected chi connectivity index (χ2v) is 11.7. The molecule has 5 nitrogen and oxygen atoms in total. The van der Waals surface area contributed by atoms with Gasteiger partial charge >= 0.3 is 15.6 Å². The van der Waals surface area contributed by atoms with Crippen molar-refractivity contribution in [1.29, 1.82) is 0 Å². The Balaban J connectivity index is 4.06. The van der Waals surface area contributed by atoms with Crippen molar-refractivity contribution in [2.45, 2.75) is 154 Å². The molecule has 1 atom stereocenters. The predicted molar refractivity (Wildman–Crippen MR) is 145 cm³/mol. The summed E-state index contributed by atoms with van der Waals surface area (Å²) in [6.45, 7) is 4.56. The summed E-state index contributed by atoms with van der Waals surface area (Å²) in [5.41, 5.74) is -5.44. The Morgan fingerprint density at radius 1 is 0.568 bits per heavy atom. The molecule has 0 spiro atoms. The molecule has 0 aromatic carbocycles. The Morgan fingerprint density at radius 2 is 0.946 bits per heavy atom. The summed E-state index contributed by atoms with van der Waals surface area (Å²) in [6.07, 6.45) is 22.8. The maximum atomic E-state index is 12.6. The third-order valence-electron chi connectivity index (χ3n) is 6.49. The molecule has 9 heteroatoms. The second-order valence-electron chi connectivity index (χ2n) is 10.1. The van der Waals surface area contributed by atoms with Crippen LogP contribution in [0, 0.1) is 0 Å². The first-order valence-electron chi connectivity index (χ1n) is 14.9. The zero-order valence-electron chi connectivity index (χ0n) is 23.6. The van der Waals surface area contributed by atoms with E-state index in [0.717, 1.165) is 38.5 Å². The zero-order valence-corrected chi connectivity index (χ0v) is 24.4. The van der Waals surface area contributed by atoms with Crippen LogP contribution in [-0.2, 0) is 23.8 Å². The van der Waals surface area contributed by atoms with Crippen molar-refractivity contribution < 1.29 is 35.2 Å². The van der Waals surface area contributed by atoms with E-state index in [0.29, 0.717) is 13.2 Å². The number of hydrogen-bond acceptors (Lipinski definition) is 5. The van der Waals surface area contributed by atoms with Gasteiger partial charge in [0.15, 0.2) is 0 Å². The van der Waals surface area contributed by atoms with Gasteiger partial charge in [-0.05, 0) is 12.8 Å². The van der Waals surface area contributed by atoms with Gasteiger partial charge in [0.1, 0.15) is 6.10 Å². The molecule has 0 aliphatic carbocycles. The van der Waals surface area contributed by atoms with E-state index < -0.39 is 28.3 Å². The van der Waals surface area contributed by atoms with Crippen molar-refractivity contribution >= 4 is 10.1 Å². The van der Waals surface area contributed by atoms with Crippen LogP contribution in [0.2, 0.25) is 0 Å². The van der Waals surface area contributed by atoms with Crippen molar-refractivity contribution in [1.82, 2.24) is 0 Å². The minimum absolute atomic E-state index is 0.0164. The summed E-state index contributed by atoms with van der Waals surface area (Å²) in [5, 5.41) is 0. The minimum Gasteiger partial charge on any atom is -0.379 e. The summed E-state index contributed by atoms with van der Waals surface area (Å²) in [7, 11) is -5.64. The number of halogens is 3. The fourth-order valence-corrected chi connectivity index (χ4v) is 4.59. The Hall–Kier alpha value is -0.380. The number of rotatable bonds is 28. The molecule has 0 aliphatic rings. The van der Waals surface area contributed by atoms with Crippen LogP contribution in [0.25, 0.3) is 0 Å². The van der Waals surface area contributed by atoms with Crippen molar-refractivity contribution in [3.63, 3.8) is 0 Å². The highest BCUT2D eigenvalue weighted by Crippen LogP contribution is 2.25. The first-order valence-corrected chi connectivity index (χ1v) is 16.3. The summed E-state index contributed by atoms with van der Waals surface area (Å²) in [6, 6.07) is 0. The molecule has 0 radical (unpaired) electrons. The lowest BCUT2D eigenvalue weighted by atomic mass is 10.1. The molecule has 0 N–H and O–H groups in total. The summed E-state index contributed by atoms with van der Waals surface area (Å²) < 4.78 is 75.7. The molecule has 0 rings (SSSR count). The van der Waals surface area contributed by atoms with Crippen LogP contribution in [-0.4, -0.2) is 46.5 Å². The maximum absolute atomic E-state index is 12.6. The third-order valence-corrected chi connectivity index (χ3v) is 7.50. The molecule has 0 saturated heterocycles. The highest BCUT2D eigenvalue weighted by Gasteiger charge is 2.47. The van der Waals surface area contributed by atoms with Crippen LogP contribution in [0.5, 0.6) is 0 Å². The Kier molecular flexibility index (Phi) is 24.4. The minimum atomic E-state index is -5.64. The van der Waals surface area contributed by atoms with Gasteiger partial charge in [-0.3, -0.25) is 4.18 Å². The average molecular weight is 561 g/mol. The van der Waals surface area contributed by atoms with Gasteiger partial charge in [0.05, 0.1) is 13.2 Å². The van der Waals surface area contributed by atoms with Gasteiger partial charge in [-0.15, -0.1) is 0 Å². The van der Waals surface area contributed by atoms with Crippen LogP contribution >= 0.6 is 0 Å². The lowest BCUT2D eigenvalue weighted by Gasteiger charge is -2.18. The largest absolute Gasteiger partial charge is 0.523 e. The van der Waals surface area contributed by atoms with Gasteiger partial charge in [0.25, 0.3) is 0 Å². The molecule has 0 fully saturated rings. The number of hydrogen-bond donors (Lipinski definition) is 0. The SMILES string of the molecule is CCCCCCCCCCCCOCC(COS(=O)(=O)C(F)(F)F)OCCCCCCCCCCCC. The van der Waals surface area contributed by atoms with E-state index in [2.05, 4.69) is 18.0 Å². The summed E-state index contributed by atoms with van der Waals surface area (Å²) in [4.78, 5) is 0.